The van der Waals surface area contributed by atoms with Crippen LogP contribution in [0.3, 0.4) is 0 Å². The fraction of sp³-hybridized carbons (Fsp3) is 0.321. The SMILES string of the molecule is COc1cc(OC)c(-c2oc3c4c(cc(O)c3c(=O)c2CC=C(C)C)OC(C)(C)C=C4)cc1OC. The highest BCUT2D eigenvalue weighted by atomic mass is 16.5. The Balaban J connectivity index is 2.13. The topological polar surface area (TPSA) is 87.4 Å². The zero-order valence-electron chi connectivity index (χ0n) is 21.1. The second-order valence-electron chi connectivity index (χ2n) is 9.18. The van der Waals surface area contributed by atoms with E-state index in [-0.39, 0.29) is 22.1 Å². The molecule has 0 aliphatic carbocycles. The van der Waals surface area contributed by atoms with Gasteiger partial charge in [-0.3, -0.25) is 4.79 Å². The van der Waals surface area contributed by atoms with Crippen molar-refractivity contribution >= 4 is 17.0 Å². The number of ether oxygens (including phenoxy) is 4. The van der Waals surface area contributed by atoms with Crippen LogP contribution in [0.2, 0.25) is 0 Å². The Morgan fingerprint density at radius 2 is 1.69 bits per heavy atom. The van der Waals surface area contributed by atoms with Crippen LogP contribution in [-0.4, -0.2) is 32.0 Å². The first-order valence-corrected chi connectivity index (χ1v) is 11.3. The zero-order chi connectivity index (χ0) is 25.5. The van der Waals surface area contributed by atoms with E-state index < -0.39 is 5.60 Å². The molecule has 0 saturated heterocycles. The molecule has 1 N–H and O–H groups in total. The summed E-state index contributed by atoms with van der Waals surface area (Å²) in [5.74, 6) is 1.96. The maximum absolute atomic E-state index is 13.8. The summed E-state index contributed by atoms with van der Waals surface area (Å²) in [4.78, 5) is 13.8. The molecule has 184 valence electrons. The normalized spacial score (nSPS) is 13.7. The maximum atomic E-state index is 13.8. The minimum atomic E-state index is -0.563. The van der Waals surface area contributed by atoms with Crippen molar-refractivity contribution in [2.75, 3.05) is 21.3 Å². The molecular formula is C28H30O7. The van der Waals surface area contributed by atoms with E-state index in [1.807, 2.05) is 45.9 Å². The van der Waals surface area contributed by atoms with Gasteiger partial charge < -0.3 is 28.5 Å². The molecule has 2 aromatic carbocycles. The summed E-state index contributed by atoms with van der Waals surface area (Å²) in [6.07, 6.45) is 5.99. The molecule has 0 unspecified atom stereocenters. The molecule has 7 heteroatoms. The minimum Gasteiger partial charge on any atom is -0.507 e. The fourth-order valence-corrected chi connectivity index (χ4v) is 4.14. The van der Waals surface area contributed by atoms with Crippen LogP contribution >= 0.6 is 0 Å². The van der Waals surface area contributed by atoms with Crippen LogP contribution in [0.25, 0.3) is 28.4 Å². The first-order chi connectivity index (χ1) is 16.6. The summed E-state index contributed by atoms with van der Waals surface area (Å²) in [5.41, 5.74) is 1.90. The van der Waals surface area contributed by atoms with Gasteiger partial charge in [-0.2, -0.15) is 0 Å². The molecule has 1 aliphatic heterocycles. The van der Waals surface area contributed by atoms with Crippen molar-refractivity contribution in [1.29, 1.82) is 0 Å². The summed E-state index contributed by atoms with van der Waals surface area (Å²) in [6, 6.07) is 4.88. The smallest absolute Gasteiger partial charge is 0.200 e. The Morgan fingerprint density at radius 3 is 2.31 bits per heavy atom. The van der Waals surface area contributed by atoms with Crippen LogP contribution in [0.1, 0.15) is 38.8 Å². The number of rotatable bonds is 6. The van der Waals surface area contributed by atoms with Gasteiger partial charge in [0.05, 0.1) is 32.5 Å². The number of benzene rings is 2. The number of phenolic OH excluding ortho intramolecular Hbond substituents is 1. The number of hydrogen-bond acceptors (Lipinski definition) is 7. The highest BCUT2D eigenvalue weighted by Crippen LogP contribution is 2.45. The first kappa shape index (κ1) is 24.3. The zero-order valence-corrected chi connectivity index (χ0v) is 21.1. The van der Waals surface area contributed by atoms with Crippen molar-refractivity contribution in [3.8, 4) is 40.1 Å². The number of fused-ring (bicyclic) bond motifs is 3. The lowest BCUT2D eigenvalue weighted by atomic mass is 9.96. The van der Waals surface area contributed by atoms with Gasteiger partial charge in [0.25, 0.3) is 0 Å². The van der Waals surface area contributed by atoms with Gasteiger partial charge in [-0.1, -0.05) is 11.6 Å². The molecule has 7 nitrogen and oxygen atoms in total. The van der Waals surface area contributed by atoms with E-state index in [0.29, 0.717) is 51.9 Å². The Hall–Kier alpha value is -3.87. The lowest BCUT2D eigenvalue weighted by molar-refractivity contribution is 0.158. The van der Waals surface area contributed by atoms with Crippen molar-refractivity contribution in [3.05, 3.63) is 57.3 Å². The molecule has 0 saturated carbocycles. The summed E-state index contributed by atoms with van der Waals surface area (Å²) in [5, 5.41) is 11.0. The third-order valence-electron chi connectivity index (χ3n) is 5.93. The Labute approximate surface area is 204 Å². The molecular weight excluding hydrogens is 448 g/mol. The highest BCUT2D eigenvalue weighted by molar-refractivity contribution is 5.95. The van der Waals surface area contributed by atoms with Gasteiger partial charge in [-0.15, -0.1) is 0 Å². The van der Waals surface area contributed by atoms with Crippen LogP contribution in [0, 0.1) is 0 Å². The largest absolute Gasteiger partial charge is 0.507 e. The van der Waals surface area contributed by atoms with Gasteiger partial charge in [0.15, 0.2) is 17.1 Å². The second-order valence-corrected chi connectivity index (χ2v) is 9.18. The third kappa shape index (κ3) is 4.34. The van der Waals surface area contributed by atoms with Crippen molar-refractivity contribution in [3.63, 3.8) is 0 Å². The average Bonchev–Trinajstić information content (AvgIpc) is 2.81. The van der Waals surface area contributed by atoms with Crippen molar-refractivity contribution in [2.24, 2.45) is 0 Å². The molecule has 0 bridgehead atoms. The van der Waals surface area contributed by atoms with Crippen LogP contribution in [0.5, 0.6) is 28.7 Å². The molecule has 1 aliphatic rings. The van der Waals surface area contributed by atoms with Gasteiger partial charge in [-0.25, -0.2) is 0 Å². The molecule has 2 heterocycles. The van der Waals surface area contributed by atoms with Crippen molar-refractivity contribution in [1.82, 2.24) is 0 Å². The third-order valence-corrected chi connectivity index (χ3v) is 5.93. The second kappa shape index (κ2) is 9.06. The number of allylic oxidation sites excluding steroid dienone is 2. The summed E-state index contributed by atoms with van der Waals surface area (Å²) >= 11 is 0. The lowest BCUT2D eigenvalue weighted by Gasteiger charge is -2.28. The summed E-state index contributed by atoms with van der Waals surface area (Å²) in [6.45, 7) is 7.73. The minimum absolute atomic E-state index is 0.108. The molecule has 0 amide bonds. The predicted octanol–water partition coefficient (Wildman–Crippen LogP) is 5.88. The quantitative estimate of drug-likeness (QED) is 0.442. The van der Waals surface area contributed by atoms with Crippen LogP contribution in [0.15, 0.2) is 45.1 Å². The predicted molar refractivity (Wildman–Crippen MR) is 136 cm³/mol. The van der Waals surface area contributed by atoms with Gasteiger partial charge >= 0.3 is 0 Å². The number of phenols is 1. The van der Waals surface area contributed by atoms with Gasteiger partial charge in [0.2, 0.25) is 5.43 Å². The molecule has 0 spiro atoms. The monoisotopic (exact) mass is 478 g/mol. The van der Waals surface area contributed by atoms with Crippen molar-refractivity contribution < 1.29 is 28.5 Å². The van der Waals surface area contributed by atoms with Gasteiger partial charge in [0.1, 0.15) is 34.0 Å². The molecule has 0 radical (unpaired) electrons. The number of aromatic hydroxyl groups is 1. The van der Waals surface area contributed by atoms with E-state index in [2.05, 4.69) is 0 Å². The Morgan fingerprint density at radius 1 is 1.03 bits per heavy atom. The number of hydrogen-bond donors (Lipinski definition) is 1. The molecule has 3 aromatic rings. The Kier molecular flexibility index (Phi) is 6.28. The molecule has 0 fully saturated rings. The van der Waals surface area contributed by atoms with Gasteiger partial charge in [-0.05, 0) is 52.3 Å². The van der Waals surface area contributed by atoms with E-state index in [1.54, 1.807) is 12.1 Å². The van der Waals surface area contributed by atoms with Crippen LogP contribution < -0.4 is 24.4 Å². The fourth-order valence-electron chi connectivity index (χ4n) is 4.14. The van der Waals surface area contributed by atoms with E-state index in [0.717, 1.165) is 5.57 Å². The van der Waals surface area contributed by atoms with Crippen LogP contribution in [0.4, 0.5) is 0 Å². The Bertz CT molecular complexity index is 1420. The molecule has 4 rings (SSSR count). The van der Waals surface area contributed by atoms with E-state index in [9.17, 15) is 9.90 Å². The number of methoxy groups -OCH3 is 3. The highest BCUT2D eigenvalue weighted by Gasteiger charge is 2.29. The summed E-state index contributed by atoms with van der Waals surface area (Å²) < 4.78 is 29.0. The molecule has 1 aromatic heterocycles. The van der Waals surface area contributed by atoms with E-state index in [4.69, 9.17) is 23.4 Å². The van der Waals surface area contributed by atoms with Crippen molar-refractivity contribution in [2.45, 2.75) is 39.7 Å². The maximum Gasteiger partial charge on any atom is 0.200 e. The lowest BCUT2D eigenvalue weighted by Crippen LogP contribution is -2.27. The van der Waals surface area contributed by atoms with Gasteiger partial charge in [0, 0.05) is 17.7 Å². The van der Waals surface area contributed by atoms with E-state index >= 15 is 0 Å². The molecule has 0 atom stereocenters. The molecule has 35 heavy (non-hydrogen) atoms. The van der Waals surface area contributed by atoms with Crippen LogP contribution in [-0.2, 0) is 6.42 Å². The summed E-state index contributed by atoms with van der Waals surface area (Å²) in [7, 11) is 4.61. The van der Waals surface area contributed by atoms with E-state index in [1.165, 1.54) is 27.4 Å². The first-order valence-electron chi connectivity index (χ1n) is 11.3. The average molecular weight is 479 g/mol. The standard InChI is InChI=1S/C28H30O7/c1-15(2)8-9-17-25(30)24-19(29)13-21-16(10-11-28(3,4)35-21)27(24)34-26(17)18-12-22(32-6)23(33-7)14-20(18)31-5/h8,10-14,29H,9H2,1-7H3.